The SMILES string of the molecule is C.COCC(=O)C1CCC2C3CCC4=CC(=O)C=CC4(C)C3C(O)CC12C. The molecule has 0 aromatic heterocycles. The second-order valence-electron chi connectivity index (χ2n) is 9.33. The van der Waals surface area contributed by atoms with Crippen molar-refractivity contribution in [1.29, 1.82) is 0 Å². The van der Waals surface area contributed by atoms with Crippen molar-refractivity contribution in [2.45, 2.75) is 59.5 Å². The number of rotatable bonds is 3. The van der Waals surface area contributed by atoms with Crippen LogP contribution >= 0.6 is 0 Å². The van der Waals surface area contributed by atoms with E-state index in [9.17, 15) is 14.7 Å². The highest BCUT2D eigenvalue weighted by Crippen LogP contribution is 2.66. The molecular weight excluding hydrogens is 340 g/mol. The summed E-state index contributed by atoms with van der Waals surface area (Å²) < 4.78 is 5.11. The molecular formula is C23H34O4. The van der Waals surface area contributed by atoms with Crippen molar-refractivity contribution in [2.75, 3.05) is 13.7 Å². The van der Waals surface area contributed by atoms with Crippen LogP contribution in [-0.2, 0) is 14.3 Å². The molecule has 0 radical (unpaired) electrons. The Kier molecular flexibility index (Phi) is 5.28. The van der Waals surface area contributed by atoms with Gasteiger partial charge in [0.05, 0.1) is 6.10 Å². The number of hydrogen-bond acceptors (Lipinski definition) is 4. The highest BCUT2D eigenvalue weighted by molar-refractivity contribution is 6.01. The van der Waals surface area contributed by atoms with E-state index in [1.165, 1.54) is 5.57 Å². The van der Waals surface area contributed by atoms with Crippen molar-refractivity contribution < 1.29 is 19.4 Å². The van der Waals surface area contributed by atoms with Crippen LogP contribution < -0.4 is 0 Å². The minimum absolute atomic E-state index is 0. The number of Topliss-reactive ketones (excluding diaryl/α,β-unsaturated/α-hetero) is 1. The first kappa shape index (κ1) is 20.5. The van der Waals surface area contributed by atoms with Gasteiger partial charge in [-0.25, -0.2) is 0 Å². The van der Waals surface area contributed by atoms with Gasteiger partial charge in [-0.2, -0.15) is 0 Å². The zero-order valence-electron chi connectivity index (χ0n) is 16.0. The molecule has 4 heteroatoms. The van der Waals surface area contributed by atoms with Gasteiger partial charge in [0.1, 0.15) is 6.61 Å². The van der Waals surface area contributed by atoms with Gasteiger partial charge in [0.2, 0.25) is 0 Å². The second-order valence-corrected chi connectivity index (χ2v) is 9.33. The summed E-state index contributed by atoms with van der Waals surface area (Å²) >= 11 is 0. The van der Waals surface area contributed by atoms with E-state index in [1.807, 2.05) is 6.08 Å². The van der Waals surface area contributed by atoms with Crippen molar-refractivity contribution in [3.8, 4) is 0 Å². The predicted octanol–water partition coefficient (Wildman–Crippen LogP) is 3.73. The average Bonchev–Trinajstić information content (AvgIpc) is 2.92. The third kappa shape index (κ3) is 2.87. The first-order valence-electron chi connectivity index (χ1n) is 9.95. The summed E-state index contributed by atoms with van der Waals surface area (Å²) in [7, 11) is 1.57. The van der Waals surface area contributed by atoms with E-state index in [-0.39, 0.29) is 48.3 Å². The number of allylic oxidation sites excluding steroid dienone is 4. The van der Waals surface area contributed by atoms with Crippen LogP contribution in [0.2, 0.25) is 0 Å². The van der Waals surface area contributed by atoms with E-state index in [4.69, 9.17) is 4.74 Å². The number of ether oxygens (including phenoxy) is 1. The predicted molar refractivity (Wildman–Crippen MR) is 105 cm³/mol. The highest BCUT2D eigenvalue weighted by Gasteiger charge is 2.62. The van der Waals surface area contributed by atoms with Crippen molar-refractivity contribution in [2.24, 2.45) is 34.5 Å². The molecule has 4 nitrogen and oxygen atoms in total. The molecule has 0 heterocycles. The Labute approximate surface area is 163 Å². The molecule has 0 aliphatic heterocycles. The maximum absolute atomic E-state index is 12.6. The lowest BCUT2D eigenvalue weighted by Gasteiger charge is -2.58. The molecule has 4 aliphatic rings. The summed E-state index contributed by atoms with van der Waals surface area (Å²) in [4.78, 5) is 24.5. The van der Waals surface area contributed by atoms with E-state index in [1.54, 1.807) is 19.3 Å². The highest BCUT2D eigenvalue weighted by atomic mass is 16.5. The van der Waals surface area contributed by atoms with Gasteiger partial charge in [0, 0.05) is 24.4 Å². The zero-order valence-corrected chi connectivity index (χ0v) is 16.0. The van der Waals surface area contributed by atoms with Gasteiger partial charge in [0.15, 0.2) is 11.6 Å². The van der Waals surface area contributed by atoms with Crippen LogP contribution in [0.4, 0.5) is 0 Å². The third-order valence-corrected chi connectivity index (χ3v) is 8.17. The van der Waals surface area contributed by atoms with Gasteiger partial charge in [0.25, 0.3) is 0 Å². The molecule has 0 spiro atoms. The zero-order chi connectivity index (χ0) is 18.7. The molecule has 1 N–H and O–H groups in total. The van der Waals surface area contributed by atoms with Crippen LogP contribution in [0.15, 0.2) is 23.8 Å². The van der Waals surface area contributed by atoms with Crippen LogP contribution in [0.5, 0.6) is 0 Å². The van der Waals surface area contributed by atoms with E-state index in [2.05, 4.69) is 13.8 Å². The summed E-state index contributed by atoms with van der Waals surface area (Å²) in [5, 5.41) is 11.2. The largest absolute Gasteiger partial charge is 0.393 e. The molecule has 0 aromatic rings. The summed E-state index contributed by atoms with van der Waals surface area (Å²) in [6.45, 7) is 4.58. The number of carbonyl (C=O) groups excluding carboxylic acids is 2. The monoisotopic (exact) mass is 374 g/mol. The molecule has 27 heavy (non-hydrogen) atoms. The van der Waals surface area contributed by atoms with Crippen molar-refractivity contribution >= 4 is 11.6 Å². The quantitative estimate of drug-likeness (QED) is 0.817. The molecule has 0 aromatic carbocycles. The fourth-order valence-electron chi connectivity index (χ4n) is 7.10. The van der Waals surface area contributed by atoms with Gasteiger partial charge < -0.3 is 9.84 Å². The van der Waals surface area contributed by atoms with Crippen molar-refractivity contribution in [3.05, 3.63) is 23.8 Å². The third-order valence-electron chi connectivity index (χ3n) is 8.17. The van der Waals surface area contributed by atoms with E-state index in [0.29, 0.717) is 18.3 Å². The van der Waals surface area contributed by atoms with Gasteiger partial charge in [-0.05, 0) is 61.5 Å². The lowest BCUT2D eigenvalue weighted by atomic mass is 9.46. The number of aliphatic hydroxyl groups is 1. The standard InChI is InChI=1S/C22H30O4.CH4/c1-21-9-8-14(23)10-13(21)4-5-15-16-6-7-17(19(25)12-26-3)22(16,2)11-18(24)20(15)21;/h8-10,15-18,20,24H,4-7,11-12H2,1-3H3;1H4. The lowest BCUT2D eigenvalue weighted by molar-refractivity contribution is -0.142. The molecule has 4 aliphatic carbocycles. The fourth-order valence-corrected chi connectivity index (χ4v) is 7.10. The summed E-state index contributed by atoms with van der Waals surface area (Å²) in [5.41, 5.74) is 0.813. The van der Waals surface area contributed by atoms with Crippen molar-refractivity contribution in [3.63, 3.8) is 0 Å². The Morgan fingerprint density at radius 1 is 1.30 bits per heavy atom. The number of carbonyl (C=O) groups is 2. The van der Waals surface area contributed by atoms with Crippen LogP contribution in [0.1, 0.15) is 53.4 Å². The lowest BCUT2D eigenvalue weighted by Crippen LogP contribution is -2.56. The number of ketones is 2. The Morgan fingerprint density at radius 3 is 2.74 bits per heavy atom. The van der Waals surface area contributed by atoms with E-state index >= 15 is 0 Å². The molecule has 4 rings (SSSR count). The Balaban J connectivity index is 0.00000210. The normalized spacial score (nSPS) is 45.3. The van der Waals surface area contributed by atoms with Gasteiger partial charge in [-0.15, -0.1) is 0 Å². The maximum Gasteiger partial charge on any atom is 0.178 e. The Morgan fingerprint density at radius 2 is 2.04 bits per heavy atom. The topological polar surface area (TPSA) is 63.6 Å². The van der Waals surface area contributed by atoms with Crippen LogP contribution in [0.25, 0.3) is 0 Å². The average molecular weight is 375 g/mol. The van der Waals surface area contributed by atoms with Crippen LogP contribution in [0.3, 0.4) is 0 Å². The first-order chi connectivity index (χ1) is 12.3. The fraction of sp³-hybridized carbons (Fsp3) is 0.739. The molecule has 0 saturated heterocycles. The molecule has 0 amide bonds. The minimum Gasteiger partial charge on any atom is -0.393 e. The second kappa shape index (κ2) is 6.97. The van der Waals surface area contributed by atoms with Gasteiger partial charge in [-0.3, -0.25) is 9.59 Å². The number of aliphatic hydroxyl groups excluding tert-OH is 1. The maximum atomic E-state index is 12.6. The Hall–Kier alpha value is -1.26. The molecule has 150 valence electrons. The van der Waals surface area contributed by atoms with Crippen LogP contribution in [0, 0.1) is 34.5 Å². The minimum atomic E-state index is -0.441. The van der Waals surface area contributed by atoms with E-state index in [0.717, 1.165) is 25.7 Å². The smallest absolute Gasteiger partial charge is 0.178 e. The number of hydrogen-bond donors (Lipinski definition) is 1. The first-order valence-corrected chi connectivity index (χ1v) is 9.95. The van der Waals surface area contributed by atoms with Gasteiger partial charge in [-0.1, -0.05) is 32.9 Å². The molecule has 7 atom stereocenters. The number of methoxy groups -OCH3 is 1. The molecule has 3 saturated carbocycles. The number of fused-ring (bicyclic) bond motifs is 5. The molecule has 0 bridgehead atoms. The summed E-state index contributed by atoms with van der Waals surface area (Å²) in [6.07, 6.45) is 9.63. The molecule has 3 fully saturated rings. The van der Waals surface area contributed by atoms with Crippen molar-refractivity contribution in [1.82, 2.24) is 0 Å². The summed E-state index contributed by atoms with van der Waals surface area (Å²) in [6, 6.07) is 0. The van der Waals surface area contributed by atoms with E-state index < -0.39 is 6.10 Å². The van der Waals surface area contributed by atoms with Crippen LogP contribution in [-0.4, -0.2) is 36.5 Å². The summed E-state index contributed by atoms with van der Waals surface area (Å²) in [5.74, 6) is 1.26. The van der Waals surface area contributed by atoms with Gasteiger partial charge >= 0.3 is 0 Å². The Bertz CT molecular complexity index is 692. The molecule has 7 unspecified atom stereocenters.